The van der Waals surface area contributed by atoms with E-state index in [1.54, 1.807) is 52.3 Å². The number of fused-ring (bicyclic) bond motifs is 1. The highest BCUT2D eigenvalue weighted by molar-refractivity contribution is 7.90. The number of rotatable bonds is 5. The van der Waals surface area contributed by atoms with Gasteiger partial charge in [-0.25, -0.2) is 18.4 Å². The summed E-state index contributed by atoms with van der Waals surface area (Å²) < 4.78 is 26.9. The lowest BCUT2D eigenvalue weighted by Gasteiger charge is -2.37. The number of benzene rings is 2. The fourth-order valence-electron chi connectivity index (χ4n) is 4.18. The molecule has 7 nitrogen and oxygen atoms in total. The molecule has 1 aliphatic rings. The van der Waals surface area contributed by atoms with Gasteiger partial charge in [-0.05, 0) is 42.7 Å². The fraction of sp³-hybridized carbons (Fsp3) is 0.261. The highest BCUT2D eigenvalue weighted by atomic mass is 35.5. The maximum absolute atomic E-state index is 13.0. The van der Waals surface area contributed by atoms with Gasteiger partial charge in [-0.1, -0.05) is 29.8 Å². The molecule has 2 aromatic carbocycles. The normalized spacial score (nSPS) is 16.1. The van der Waals surface area contributed by atoms with Crippen molar-refractivity contribution in [3.63, 3.8) is 0 Å². The van der Waals surface area contributed by atoms with Crippen molar-refractivity contribution in [2.75, 3.05) is 13.1 Å². The predicted octanol–water partition coefficient (Wildman–Crippen LogP) is 4.50. The molecular formula is C23H20ClN3O4S3. The summed E-state index contributed by atoms with van der Waals surface area (Å²) in [6.07, 6.45) is 0.748. The Balaban J connectivity index is 1.27. The predicted molar refractivity (Wildman–Crippen MR) is 133 cm³/mol. The zero-order valence-corrected chi connectivity index (χ0v) is 21.1. The molecule has 34 heavy (non-hydrogen) atoms. The van der Waals surface area contributed by atoms with Crippen LogP contribution in [0.5, 0.6) is 0 Å². The topological polar surface area (TPSA) is 100 Å². The standard InChI is InChI=1S/C23H20ClN3O4S3/c24-21-20(33-14-26-21)23(29)8-10-27(11-9-23)22(28)16-6-4-15(5-7-16)12-34(30,31)18-3-1-2-17-19(18)25-13-32-17/h1-7,13-14,29H,8-12H2. The minimum atomic E-state index is -3.60. The van der Waals surface area contributed by atoms with Gasteiger partial charge in [0.15, 0.2) is 9.84 Å². The molecule has 4 aromatic rings. The number of sulfone groups is 1. The van der Waals surface area contributed by atoms with Gasteiger partial charge in [0.1, 0.15) is 10.8 Å². The zero-order valence-electron chi connectivity index (χ0n) is 17.8. The summed E-state index contributed by atoms with van der Waals surface area (Å²) in [6.45, 7) is 0.772. The van der Waals surface area contributed by atoms with E-state index in [0.717, 1.165) is 4.70 Å². The van der Waals surface area contributed by atoms with E-state index < -0.39 is 15.4 Å². The molecule has 0 radical (unpaired) electrons. The average molecular weight is 534 g/mol. The number of carbonyl (C=O) groups is 1. The van der Waals surface area contributed by atoms with Crippen molar-refractivity contribution in [2.45, 2.75) is 29.1 Å². The third kappa shape index (κ3) is 4.36. The number of aliphatic hydroxyl groups is 1. The first-order chi connectivity index (χ1) is 16.3. The number of carbonyl (C=O) groups excluding carboxylic acids is 1. The van der Waals surface area contributed by atoms with Gasteiger partial charge in [0, 0.05) is 18.7 Å². The highest BCUT2D eigenvalue weighted by Crippen LogP contribution is 2.39. The van der Waals surface area contributed by atoms with Gasteiger partial charge in [0.25, 0.3) is 5.91 Å². The molecule has 0 spiro atoms. The summed E-state index contributed by atoms with van der Waals surface area (Å²) in [5, 5.41) is 11.3. The van der Waals surface area contributed by atoms with E-state index in [1.165, 1.54) is 22.7 Å². The molecule has 0 unspecified atom stereocenters. The van der Waals surface area contributed by atoms with Gasteiger partial charge < -0.3 is 10.0 Å². The van der Waals surface area contributed by atoms with E-state index in [0.29, 0.717) is 52.6 Å². The Morgan fingerprint density at radius 1 is 1.06 bits per heavy atom. The highest BCUT2D eigenvalue weighted by Gasteiger charge is 2.38. The van der Waals surface area contributed by atoms with Crippen LogP contribution < -0.4 is 0 Å². The van der Waals surface area contributed by atoms with Crippen LogP contribution in [-0.2, 0) is 21.2 Å². The second kappa shape index (κ2) is 9.01. The van der Waals surface area contributed by atoms with E-state index in [1.807, 2.05) is 6.07 Å². The quantitative estimate of drug-likeness (QED) is 0.405. The summed E-state index contributed by atoms with van der Waals surface area (Å²) >= 11 is 8.81. The Bertz CT molecular complexity index is 1460. The molecule has 0 saturated carbocycles. The number of likely N-dealkylation sites (tertiary alicyclic amines) is 1. The smallest absolute Gasteiger partial charge is 0.253 e. The van der Waals surface area contributed by atoms with Crippen molar-refractivity contribution < 1.29 is 18.3 Å². The number of aromatic nitrogens is 2. The average Bonchev–Trinajstić information content (AvgIpc) is 3.48. The Labute approximate surface area is 209 Å². The first-order valence-electron chi connectivity index (χ1n) is 10.5. The minimum absolute atomic E-state index is 0.154. The summed E-state index contributed by atoms with van der Waals surface area (Å²) in [5.74, 6) is -0.330. The van der Waals surface area contributed by atoms with Crippen molar-refractivity contribution in [1.29, 1.82) is 0 Å². The van der Waals surface area contributed by atoms with Crippen LogP contribution in [0, 0.1) is 0 Å². The third-order valence-electron chi connectivity index (χ3n) is 6.04. The van der Waals surface area contributed by atoms with Crippen molar-refractivity contribution in [1.82, 2.24) is 14.9 Å². The van der Waals surface area contributed by atoms with Crippen molar-refractivity contribution in [2.24, 2.45) is 0 Å². The molecule has 1 fully saturated rings. The number of amides is 1. The van der Waals surface area contributed by atoms with Crippen LogP contribution in [0.1, 0.15) is 33.6 Å². The first-order valence-corrected chi connectivity index (χ1v) is 14.3. The Kier molecular flexibility index (Phi) is 6.19. The molecule has 1 aliphatic heterocycles. The maximum atomic E-state index is 13.0. The lowest BCUT2D eigenvalue weighted by molar-refractivity contribution is -0.0183. The number of halogens is 1. The third-order valence-corrected chi connectivity index (χ3v) is 9.97. The molecule has 176 valence electrons. The van der Waals surface area contributed by atoms with Crippen LogP contribution in [-0.4, -0.2) is 47.4 Å². The van der Waals surface area contributed by atoms with Crippen molar-refractivity contribution in [3.05, 3.63) is 74.6 Å². The molecule has 0 aliphatic carbocycles. The summed E-state index contributed by atoms with van der Waals surface area (Å²) in [6, 6.07) is 11.8. The van der Waals surface area contributed by atoms with Gasteiger partial charge in [-0.15, -0.1) is 22.7 Å². The van der Waals surface area contributed by atoms with Gasteiger partial charge in [0.2, 0.25) is 0 Å². The van der Waals surface area contributed by atoms with Gasteiger partial charge in [-0.2, -0.15) is 0 Å². The van der Waals surface area contributed by atoms with Gasteiger partial charge in [-0.3, -0.25) is 4.79 Å². The molecule has 11 heteroatoms. The number of hydrogen-bond acceptors (Lipinski definition) is 8. The number of para-hydroxylation sites is 1. The number of piperidine rings is 1. The van der Waals surface area contributed by atoms with Crippen molar-refractivity contribution in [3.8, 4) is 0 Å². The van der Waals surface area contributed by atoms with Gasteiger partial charge in [0.05, 0.1) is 36.8 Å². The Morgan fingerprint density at radius 2 is 1.76 bits per heavy atom. The Morgan fingerprint density at radius 3 is 2.44 bits per heavy atom. The number of hydrogen-bond donors (Lipinski definition) is 1. The first kappa shape index (κ1) is 23.4. The van der Waals surface area contributed by atoms with E-state index in [2.05, 4.69) is 9.97 Å². The van der Waals surface area contributed by atoms with Crippen LogP contribution in [0.2, 0.25) is 5.15 Å². The van der Waals surface area contributed by atoms with E-state index in [9.17, 15) is 18.3 Å². The molecule has 5 rings (SSSR count). The molecule has 0 bridgehead atoms. The second-order valence-corrected chi connectivity index (χ2v) is 12.3. The molecule has 0 atom stereocenters. The van der Waals surface area contributed by atoms with Crippen molar-refractivity contribution >= 4 is 60.2 Å². The summed E-state index contributed by atoms with van der Waals surface area (Å²) in [7, 11) is -3.60. The SMILES string of the molecule is O=C(c1ccc(CS(=O)(=O)c2cccc3scnc23)cc1)N1CCC(O)(c2scnc2Cl)CC1. The largest absolute Gasteiger partial charge is 0.384 e. The monoisotopic (exact) mass is 533 g/mol. The van der Waals surface area contributed by atoms with Crippen LogP contribution in [0.4, 0.5) is 0 Å². The molecule has 2 aromatic heterocycles. The van der Waals surface area contributed by atoms with Crippen LogP contribution >= 0.6 is 34.3 Å². The minimum Gasteiger partial charge on any atom is -0.384 e. The number of nitrogens with zero attached hydrogens (tertiary/aromatic N) is 3. The van der Waals surface area contributed by atoms with Gasteiger partial charge >= 0.3 is 0 Å². The lowest BCUT2D eigenvalue weighted by Crippen LogP contribution is -2.45. The lowest BCUT2D eigenvalue weighted by atomic mass is 9.90. The molecule has 1 N–H and O–H groups in total. The van der Waals surface area contributed by atoms with Crippen LogP contribution in [0.3, 0.4) is 0 Å². The molecule has 3 heterocycles. The second-order valence-electron chi connectivity index (χ2n) is 8.21. The summed E-state index contributed by atoms with van der Waals surface area (Å²) in [5.41, 5.74) is 3.72. The van der Waals surface area contributed by atoms with E-state index in [4.69, 9.17) is 11.6 Å². The van der Waals surface area contributed by atoms with Crippen LogP contribution in [0.15, 0.2) is 58.4 Å². The molecule has 1 saturated heterocycles. The molecule has 1 amide bonds. The zero-order chi connectivity index (χ0) is 23.9. The fourth-order valence-corrected chi connectivity index (χ4v) is 7.73. The summed E-state index contributed by atoms with van der Waals surface area (Å²) in [4.78, 5) is 23.7. The van der Waals surface area contributed by atoms with E-state index >= 15 is 0 Å². The Hall–Kier alpha value is -2.37. The molecular weight excluding hydrogens is 514 g/mol. The number of thiazole rings is 2. The maximum Gasteiger partial charge on any atom is 0.253 e. The van der Waals surface area contributed by atoms with Crippen LogP contribution in [0.25, 0.3) is 10.2 Å². The van der Waals surface area contributed by atoms with E-state index in [-0.39, 0.29) is 16.6 Å².